The standard InChI is InChI=1S/C11H14O3/c1-4-10(12)14-9-5-7(2)11(13)8(3)6-9/h5-6,13H,4H2,1-3H3. The fourth-order valence-electron chi connectivity index (χ4n) is 1.18. The average Bonchev–Trinajstić information content (AvgIpc) is 2.14. The summed E-state index contributed by atoms with van der Waals surface area (Å²) in [6.45, 7) is 5.28. The summed E-state index contributed by atoms with van der Waals surface area (Å²) in [5, 5.41) is 9.48. The Balaban J connectivity index is 2.95. The van der Waals surface area contributed by atoms with Crippen LogP contribution in [0.15, 0.2) is 12.1 Å². The van der Waals surface area contributed by atoms with Crippen LogP contribution in [-0.2, 0) is 4.79 Å². The number of hydrogen-bond donors (Lipinski definition) is 1. The van der Waals surface area contributed by atoms with E-state index in [1.165, 1.54) is 0 Å². The van der Waals surface area contributed by atoms with Crippen LogP contribution in [-0.4, -0.2) is 11.1 Å². The molecule has 0 fully saturated rings. The van der Waals surface area contributed by atoms with Crippen LogP contribution in [0.3, 0.4) is 0 Å². The van der Waals surface area contributed by atoms with Gasteiger partial charge in [-0.15, -0.1) is 0 Å². The zero-order valence-corrected chi connectivity index (χ0v) is 8.63. The summed E-state index contributed by atoms with van der Waals surface area (Å²) in [4.78, 5) is 11.0. The quantitative estimate of drug-likeness (QED) is 0.580. The van der Waals surface area contributed by atoms with Gasteiger partial charge in [0.2, 0.25) is 0 Å². The topological polar surface area (TPSA) is 46.5 Å². The molecular formula is C11H14O3. The number of benzene rings is 1. The van der Waals surface area contributed by atoms with Gasteiger partial charge < -0.3 is 9.84 Å². The molecule has 76 valence electrons. The molecule has 14 heavy (non-hydrogen) atoms. The molecule has 0 amide bonds. The molecule has 0 heterocycles. The third-order valence-corrected chi connectivity index (χ3v) is 1.98. The molecule has 1 N–H and O–H groups in total. The number of phenols is 1. The minimum Gasteiger partial charge on any atom is -0.507 e. The molecule has 0 unspecified atom stereocenters. The van der Waals surface area contributed by atoms with Gasteiger partial charge in [-0.3, -0.25) is 4.79 Å². The van der Waals surface area contributed by atoms with Gasteiger partial charge in [0, 0.05) is 6.42 Å². The first-order valence-electron chi connectivity index (χ1n) is 4.55. The van der Waals surface area contributed by atoms with E-state index >= 15 is 0 Å². The van der Waals surface area contributed by atoms with Crippen molar-refractivity contribution in [1.29, 1.82) is 0 Å². The number of ether oxygens (including phenoxy) is 1. The summed E-state index contributed by atoms with van der Waals surface area (Å²) in [6.07, 6.45) is 0.346. The molecule has 3 nitrogen and oxygen atoms in total. The molecule has 3 heteroatoms. The van der Waals surface area contributed by atoms with Crippen molar-refractivity contribution in [2.45, 2.75) is 27.2 Å². The van der Waals surface area contributed by atoms with Crippen LogP contribution in [0.5, 0.6) is 11.5 Å². The molecule has 0 atom stereocenters. The summed E-state index contributed by atoms with van der Waals surface area (Å²) in [5.74, 6) is 0.473. The Bertz CT molecular complexity index is 333. The molecule has 1 rings (SSSR count). The maximum Gasteiger partial charge on any atom is 0.310 e. The Morgan fingerprint density at radius 2 is 1.86 bits per heavy atom. The highest BCUT2D eigenvalue weighted by molar-refractivity contribution is 5.72. The predicted molar refractivity (Wildman–Crippen MR) is 53.5 cm³/mol. The molecule has 0 spiro atoms. The van der Waals surface area contributed by atoms with Crippen LogP contribution in [0, 0.1) is 13.8 Å². The van der Waals surface area contributed by atoms with Gasteiger partial charge in [0.05, 0.1) is 0 Å². The average molecular weight is 194 g/mol. The molecule has 0 saturated heterocycles. The molecule has 0 aliphatic carbocycles. The van der Waals surface area contributed by atoms with E-state index < -0.39 is 0 Å². The van der Waals surface area contributed by atoms with Gasteiger partial charge in [-0.1, -0.05) is 6.92 Å². The molecule has 0 aliphatic heterocycles. The van der Waals surface area contributed by atoms with E-state index in [4.69, 9.17) is 4.74 Å². The minimum absolute atomic E-state index is 0.251. The lowest BCUT2D eigenvalue weighted by molar-refractivity contribution is -0.134. The fourth-order valence-corrected chi connectivity index (χ4v) is 1.18. The van der Waals surface area contributed by atoms with Crippen LogP contribution in [0.4, 0.5) is 0 Å². The maximum atomic E-state index is 11.0. The number of hydrogen-bond acceptors (Lipinski definition) is 3. The Labute approximate surface area is 83.3 Å². The normalized spacial score (nSPS) is 9.93. The molecule has 1 aromatic rings. The Morgan fingerprint density at radius 1 is 1.36 bits per heavy atom. The van der Waals surface area contributed by atoms with Crippen molar-refractivity contribution >= 4 is 5.97 Å². The van der Waals surface area contributed by atoms with Crippen molar-refractivity contribution in [3.8, 4) is 11.5 Å². The van der Waals surface area contributed by atoms with Crippen LogP contribution in [0.2, 0.25) is 0 Å². The maximum absolute atomic E-state index is 11.0. The zero-order valence-electron chi connectivity index (χ0n) is 8.63. The van der Waals surface area contributed by atoms with Crippen LogP contribution >= 0.6 is 0 Å². The van der Waals surface area contributed by atoms with Crippen molar-refractivity contribution in [1.82, 2.24) is 0 Å². The first-order valence-corrected chi connectivity index (χ1v) is 4.55. The molecule has 0 radical (unpaired) electrons. The number of carbonyl (C=O) groups is 1. The highest BCUT2D eigenvalue weighted by Gasteiger charge is 2.06. The lowest BCUT2D eigenvalue weighted by atomic mass is 10.1. The van der Waals surface area contributed by atoms with Crippen molar-refractivity contribution in [2.75, 3.05) is 0 Å². The second-order valence-corrected chi connectivity index (χ2v) is 3.23. The second-order valence-electron chi connectivity index (χ2n) is 3.23. The Morgan fingerprint density at radius 3 is 2.29 bits per heavy atom. The SMILES string of the molecule is CCC(=O)Oc1cc(C)c(O)c(C)c1. The number of rotatable bonds is 2. The summed E-state index contributed by atoms with van der Waals surface area (Å²) >= 11 is 0. The third kappa shape index (κ3) is 2.25. The highest BCUT2D eigenvalue weighted by atomic mass is 16.5. The predicted octanol–water partition coefficient (Wildman–Crippen LogP) is 2.32. The smallest absolute Gasteiger partial charge is 0.310 e. The molecule has 0 aromatic heterocycles. The van der Waals surface area contributed by atoms with Gasteiger partial charge in [0.15, 0.2) is 0 Å². The van der Waals surface area contributed by atoms with E-state index in [2.05, 4.69) is 0 Å². The van der Waals surface area contributed by atoms with Crippen molar-refractivity contribution in [3.05, 3.63) is 23.3 Å². The zero-order chi connectivity index (χ0) is 10.7. The number of aryl methyl sites for hydroxylation is 2. The van der Waals surface area contributed by atoms with Crippen LogP contribution in [0.1, 0.15) is 24.5 Å². The summed E-state index contributed by atoms with van der Waals surface area (Å²) in [6, 6.07) is 3.30. The van der Waals surface area contributed by atoms with Gasteiger partial charge in [-0.2, -0.15) is 0 Å². The van der Waals surface area contributed by atoms with E-state index in [0.717, 1.165) is 0 Å². The highest BCUT2D eigenvalue weighted by Crippen LogP contribution is 2.26. The van der Waals surface area contributed by atoms with Gasteiger partial charge in [-0.25, -0.2) is 0 Å². The third-order valence-electron chi connectivity index (χ3n) is 1.98. The minimum atomic E-state index is -0.269. The first kappa shape index (κ1) is 10.6. The lowest BCUT2D eigenvalue weighted by Crippen LogP contribution is -2.05. The van der Waals surface area contributed by atoms with E-state index in [1.807, 2.05) is 0 Å². The molecular weight excluding hydrogens is 180 g/mol. The Hall–Kier alpha value is -1.51. The van der Waals surface area contributed by atoms with E-state index in [-0.39, 0.29) is 11.7 Å². The van der Waals surface area contributed by atoms with Gasteiger partial charge in [-0.05, 0) is 37.1 Å². The summed E-state index contributed by atoms with van der Waals surface area (Å²) < 4.78 is 5.03. The largest absolute Gasteiger partial charge is 0.507 e. The van der Waals surface area contributed by atoms with Crippen molar-refractivity contribution in [2.24, 2.45) is 0 Å². The van der Waals surface area contributed by atoms with Crippen molar-refractivity contribution in [3.63, 3.8) is 0 Å². The molecule has 1 aromatic carbocycles. The summed E-state index contributed by atoms with van der Waals surface area (Å²) in [7, 11) is 0. The van der Waals surface area contributed by atoms with Crippen LogP contribution in [0.25, 0.3) is 0 Å². The first-order chi connectivity index (χ1) is 6.54. The van der Waals surface area contributed by atoms with Gasteiger partial charge in [0.25, 0.3) is 0 Å². The van der Waals surface area contributed by atoms with Crippen LogP contribution < -0.4 is 4.74 Å². The monoisotopic (exact) mass is 194 g/mol. The summed E-state index contributed by atoms with van der Waals surface area (Å²) in [5.41, 5.74) is 1.42. The van der Waals surface area contributed by atoms with Crippen molar-refractivity contribution < 1.29 is 14.6 Å². The Kier molecular flexibility index (Phi) is 3.12. The number of aromatic hydroxyl groups is 1. The lowest BCUT2D eigenvalue weighted by Gasteiger charge is -2.07. The number of carbonyl (C=O) groups excluding carboxylic acids is 1. The van der Waals surface area contributed by atoms with Gasteiger partial charge >= 0.3 is 5.97 Å². The van der Waals surface area contributed by atoms with Gasteiger partial charge in [0.1, 0.15) is 11.5 Å². The fraction of sp³-hybridized carbons (Fsp3) is 0.364. The molecule has 0 aliphatic rings. The van der Waals surface area contributed by atoms with E-state index in [9.17, 15) is 9.90 Å². The molecule has 0 bridgehead atoms. The second kappa shape index (κ2) is 4.13. The van der Waals surface area contributed by atoms with E-state index in [1.54, 1.807) is 32.9 Å². The van der Waals surface area contributed by atoms with E-state index in [0.29, 0.717) is 23.3 Å². The molecule has 0 saturated carbocycles. The number of esters is 1. The number of phenolic OH excluding ortho intramolecular Hbond substituents is 1.